The van der Waals surface area contributed by atoms with Gasteiger partial charge in [0.05, 0.1) is 11.4 Å². The van der Waals surface area contributed by atoms with Crippen molar-refractivity contribution in [1.29, 1.82) is 0 Å². The summed E-state index contributed by atoms with van der Waals surface area (Å²) in [4.78, 5) is 25.3. The Balaban J connectivity index is 2.32. The van der Waals surface area contributed by atoms with Crippen LogP contribution in [0, 0.1) is 18.6 Å². The Morgan fingerprint density at radius 2 is 1.90 bits per heavy atom. The lowest BCUT2D eigenvalue weighted by molar-refractivity contribution is -0.139. The number of unbranched alkanes of at least 4 members (excludes halogenated alkanes) is 2. The van der Waals surface area contributed by atoms with Crippen LogP contribution in [-0.2, 0) is 4.79 Å². The average Bonchev–Trinajstić information content (AvgIpc) is 3.00. The van der Waals surface area contributed by atoms with Crippen molar-refractivity contribution in [2.24, 2.45) is 0 Å². The fourth-order valence-electron chi connectivity index (χ4n) is 3.94. The first-order valence-corrected chi connectivity index (χ1v) is 10.3. The Kier molecular flexibility index (Phi) is 6.65. The third kappa shape index (κ3) is 4.14. The number of hydrogen-bond acceptors (Lipinski definition) is 3. The molecule has 164 valence electrons. The lowest BCUT2D eigenvalue weighted by Crippen LogP contribution is -2.16. The van der Waals surface area contributed by atoms with Gasteiger partial charge in [0.1, 0.15) is 0 Å². The summed E-state index contributed by atoms with van der Waals surface area (Å²) in [5, 5.41) is 19.7. The molecule has 5 nitrogen and oxygen atoms in total. The Hall–Kier alpha value is -2.93. The summed E-state index contributed by atoms with van der Waals surface area (Å²) < 4.78 is 30.3. The zero-order valence-electron chi connectivity index (χ0n) is 17.1. The first-order chi connectivity index (χ1) is 14.7. The molecule has 3 aromatic rings. The van der Waals surface area contributed by atoms with E-state index in [2.05, 4.69) is 0 Å². The normalized spacial score (nSPS) is 12.3. The lowest BCUT2D eigenvalue weighted by Gasteiger charge is -2.14. The van der Waals surface area contributed by atoms with Crippen molar-refractivity contribution in [3.8, 4) is 5.75 Å². The molecular weight excluding hydrogens is 428 g/mol. The molecule has 0 amide bonds. The highest BCUT2D eigenvalue weighted by atomic mass is 35.5. The average molecular weight is 450 g/mol. The number of rotatable bonds is 7. The Morgan fingerprint density at radius 1 is 1.19 bits per heavy atom. The van der Waals surface area contributed by atoms with Crippen molar-refractivity contribution in [2.75, 3.05) is 0 Å². The molecule has 1 heterocycles. The van der Waals surface area contributed by atoms with Gasteiger partial charge in [-0.1, -0.05) is 43.9 Å². The van der Waals surface area contributed by atoms with Crippen LogP contribution < -0.4 is 0 Å². The quantitative estimate of drug-likeness (QED) is 0.432. The van der Waals surface area contributed by atoms with Gasteiger partial charge in [-0.3, -0.25) is 14.2 Å². The number of hydrogen-bond donors (Lipinski definition) is 2. The molecule has 0 aliphatic rings. The van der Waals surface area contributed by atoms with Crippen LogP contribution in [0.15, 0.2) is 30.3 Å². The monoisotopic (exact) mass is 449 g/mol. The smallest absolute Gasteiger partial charge is 0.311 e. The molecule has 2 N–H and O–H groups in total. The third-order valence-corrected chi connectivity index (χ3v) is 5.66. The van der Waals surface area contributed by atoms with E-state index in [1.165, 1.54) is 19.1 Å². The molecule has 0 radical (unpaired) electrons. The van der Waals surface area contributed by atoms with E-state index in [4.69, 9.17) is 11.6 Å². The predicted octanol–water partition coefficient (Wildman–Crippen LogP) is 6.02. The molecule has 0 spiro atoms. The highest BCUT2D eigenvalue weighted by Crippen LogP contribution is 2.40. The number of phenolic OH excluding ortho intramolecular Hbond substituents is 1. The highest BCUT2D eigenvalue weighted by molar-refractivity contribution is 6.31. The summed E-state index contributed by atoms with van der Waals surface area (Å²) >= 11 is 5.98. The molecule has 0 aliphatic heterocycles. The van der Waals surface area contributed by atoms with Crippen LogP contribution in [-0.4, -0.2) is 26.7 Å². The van der Waals surface area contributed by atoms with E-state index in [0.29, 0.717) is 11.4 Å². The van der Waals surface area contributed by atoms with Crippen LogP contribution in [0.25, 0.3) is 10.9 Å². The summed E-state index contributed by atoms with van der Waals surface area (Å²) in [6.45, 7) is 3.46. The first-order valence-electron chi connectivity index (χ1n) is 9.93. The van der Waals surface area contributed by atoms with Crippen molar-refractivity contribution < 1.29 is 28.6 Å². The molecule has 0 saturated carbocycles. The molecule has 31 heavy (non-hydrogen) atoms. The van der Waals surface area contributed by atoms with Crippen LogP contribution >= 0.6 is 11.6 Å². The van der Waals surface area contributed by atoms with Gasteiger partial charge in [-0.2, -0.15) is 0 Å². The van der Waals surface area contributed by atoms with Crippen molar-refractivity contribution in [2.45, 2.75) is 45.4 Å². The van der Waals surface area contributed by atoms with E-state index >= 15 is 4.39 Å². The van der Waals surface area contributed by atoms with Gasteiger partial charge in [0.25, 0.3) is 5.91 Å². The van der Waals surface area contributed by atoms with E-state index in [0.717, 1.165) is 23.5 Å². The van der Waals surface area contributed by atoms with E-state index in [1.807, 2.05) is 6.92 Å². The number of carbonyl (C=O) groups excluding carboxylic acids is 1. The molecule has 3 rings (SSSR count). The summed E-state index contributed by atoms with van der Waals surface area (Å²) in [6.07, 6.45) is 2.44. The minimum atomic E-state index is -1.28. The summed E-state index contributed by atoms with van der Waals surface area (Å²) in [6, 6.07) is 6.91. The number of carboxylic acid groups (broad SMARTS) is 1. The molecular formula is C23H22ClF2NO4. The maximum absolute atomic E-state index is 15.0. The minimum Gasteiger partial charge on any atom is -0.503 e. The van der Waals surface area contributed by atoms with Crippen LogP contribution in [0.2, 0.25) is 5.02 Å². The second kappa shape index (κ2) is 9.06. The SMILES string of the molecule is CCCCCC(C(=O)O)c1c(C)n(C(=O)c2cccc(Cl)c2)c2cc(F)c(O)c(F)c12. The van der Waals surface area contributed by atoms with Gasteiger partial charge in [0.15, 0.2) is 17.4 Å². The number of fused-ring (bicyclic) bond motifs is 1. The third-order valence-electron chi connectivity index (χ3n) is 5.43. The lowest BCUT2D eigenvalue weighted by atomic mass is 9.90. The molecule has 8 heteroatoms. The summed E-state index contributed by atoms with van der Waals surface area (Å²) in [5.74, 6) is -6.66. The standard InChI is InChI=1S/C23H22ClF2NO4/c1-3-4-5-9-15(23(30)31)18-12(2)27(22(29)13-7-6-8-14(24)10-13)17-11-16(25)21(28)20(26)19(17)18/h6-8,10-11,15,28H,3-5,9H2,1-2H3,(H,30,31). The van der Waals surface area contributed by atoms with Gasteiger partial charge in [-0.05, 0) is 37.1 Å². The second-order valence-electron chi connectivity index (χ2n) is 7.45. The zero-order valence-corrected chi connectivity index (χ0v) is 17.8. The minimum absolute atomic E-state index is 0.0572. The number of aromatic nitrogens is 1. The fraction of sp³-hybridized carbons (Fsp3) is 0.304. The molecule has 1 aromatic heterocycles. The maximum Gasteiger partial charge on any atom is 0.311 e. The van der Waals surface area contributed by atoms with Gasteiger partial charge in [-0.25, -0.2) is 8.78 Å². The van der Waals surface area contributed by atoms with Gasteiger partial charge < -0.3 is 10.2 Å². The Labute approximate surface area is 182 Å². The number of phenols is 1. The number of carboxylic acids is 1. The number of benzene rings is 2. The largest absolute Gasteiger partial charge is 0.503 e. The van der Waals surface area contributed by atoms with Crippen LogP contribution in [0.5, 0.6) is 5.75 Å². The Bertz CT molecular complexity index is 1170. The molecule has 0 fully saturated rings. The maximum atomic E-state index is 15.0. The number of halogens is 3. The molecule has 2 aromatic carbocycles. The van der Waals surface area contributed by atoms with Crippen LogP contribution in [0.4, 0.5) is 8.78 Å². The van der Waals surface area contributed by atoms with Crippen molar-refractivity contribution in [3.05, 3.63) is 63.8 Å². The second-order valence-corrected chi connectivity index (χ2v) is 7.89. The molecule has 1 atom stereocenters. The van der Waals surface area contributed by atoms with Gasteiger partial charge >= 0.3 is 5.97 Å². The van der Waals surface area contributed by atoms with Crippen molar-refractivity contribution in [1.82, 2.24) is 4.57 Å². The van der Waals surface area contributed by atoms with E-state index in [1.54, 1.807) is 12.1 Å². The van der Waals surface area contributed by atoms with Gasteiger partial charge in [0, 0.05) is 27.7 Å². The van der Waals surface area contributed by atoms with Gasteiger partial charge in [-0.15, -0.1) is 0 Å². The van der Waals surface area contributed by atoms with E-state index in [-0.39, 0.29) is 34.1 Å². The van der Waals surface area contributed by atoms with Crippen molar-refractivity contribution >= 4 is 34.4 Å². The number of carbonyl (C=O) groups is 2. The number of nitrogens with zero attached hydrogens (tertiary/aromatic N) is 1. The molecule has 0 saturated heterocycles. The molecule has 0 aliphatic carbocycles. The summed E-state index contributed by atoms with van der Waals surface area (Å²) in [7, 11) is 0. The van der Waals surface area contributed by atoms with Gasteiger partial charge in [0.2, 0.25) is 0 Å². The highest BCUT2D eigenvalue weighted by Gasteiger charge is 2.32. The van der Waals surface area contributed by atoms with E-state index < -0.39 is 35.2 Å². The number of aromatic hydroxyl groups is 1. The first kappa shape index (κ1) is 22.7. The van der Waals surface area contributed by atoms with Crippen LogP contribution in [0.3, 0.4) is 0 Å². The number of aliphatic carboxylic acids is 1. The fourth-order valence-corrected chi connectivity index (χ4v) is 4.13. The predicted molar refractivity (Wildman–Crippen MR) is 114 cm³/mol. The van der Waals surface area contributed by atoms with Crippen molar-refractivity contribution in [3.63, 3.8) is 0 Å². The summed E-state index contributed by atoms with van der Waals surface area (Å²) in [5.41, 5.74) is 0.257. The molecule has 1 unspecified atom stereocenters. The Morgan fingerprint density at radius 3 is 2.52 bits per heavy atom. The zero-order chi connectivity index (χ0) is 22.9. The molecule has 0 bridgehead atoms. The van der Waals surface area contributed by atoms with Crippen LogP contribution in [0.1, 0.15) is 60.1 Å². The topological polar surface area (TPSA) is 79.5 Å². The van der Waals surface area contributed by atoms with E-state index in [9.17, 15) is 24.2 Å².